The fourth-order valence-corrected chi connectivity index (χ4v) is 7.40. The van der Waals surface area contributed by atoms with Crippen molar-refractivity contribution < 1.29 is 29.0 Å². The van der Waals surface area contributed by atoms with E-state index in [2.05, 4.69) is 6.92 Å². The Labute approximate surface area is 170 Å². The summed E-state index contributed by atoms with van der Waals surface area (Å²) in [6, 6.07) is 0. The second-order valence-electron chi connectivity index (χ2n) is 9.98. The van der Waals surface area contributed by atoms with E-state index < -0.39 is 22.8 Å². The zero-order valence-electron chi connectivity index (χ0n) is 17.2. The lowest BCUT2D eigenvalue weighted by Gasteiger charge is -2.55. The van der Waals surface area contributed by atoms with E-state index in [4.69, 9.17) is 9.47 Å². The molecule has 0 aromatic rings. The number of epoxide rings is 1. The first-order chi connectivity index (χ1) is 13.6. The first kappa shape index (κ1) is 19.2. The Bertz CT molecular complexity index is 888. The van der Waals surface area contributed by atoms with Gasteiger partial charge in [0.2, 0.25) is 5.78 Å². The van der Waals surface area contributed by atoms with Crippen molar-refractivity contribution in [2.24, 2.45) is 22.7 Å². The summed E-state index contributed by atoms with van der Waals surface area (Å²) >= 11 is 0. The van der Waals surface area contributed by atoms with Crippen molar-refractivity contribution in [1.29, 1.82) is 0 Å². The van der Waals surface area contributed by atoms with Crippen LogP contribution < -0.4 is 0 Å². The molecule has 4 fully saturated rings. The molecule has 156 valence electrons. The first-order valence-corrected chi connectivity index (χ1v) is 10.6. The van der Waals surface area contributed by atoms with Crippen molar-refractivity contribution in [2.45, 2.75) is 70.2 Å². The number of ketones is 2. The molecule has 0 amide bonds. The maximum Gasteiger partial charge on any atom is 0.303 e. The van der Waals surface area contributed by atoms with E-state index in [9.17, 15) is 19.5 Å². The molecule has 1 saturated heterocycles. The lowest BCUT2D eigenvalue weighted by atomic mass is 9.47. The summed E-state index contributed by atoms with van der Waals surface area (Å²) in [5, 5.41) is 11.5. The molecule has 1 heterocycles. The van der Waals surface area contributed by atoms with Crippen molar-refractivity contribution in [2.75, 3.05) is 6.61 Å². The molecule has 5 rings (SSSR count). The first-order valence-electron chi connectivity index (χ1n) is 10.6. The van der Waals surface area contributed by atoms with Crippen molar-refractivity contribution in [3.05, 3.63) is 23.8 Å². The number of carbonyl (C=O) groups is 3. The molecule has 1 aliphatic heterocycles. The number of Topliss-reactive ketones (excluding diaryl/α,β-unsaturated/α-hetero) is 1. The number of hydrogen-bond donors (Lipinski definition) is 1. The van der Waals surface area contributed by atoms with Gasteiger partial charge in [-0.2, -0.15) is 0 Å². The van der Waals surface area contributed by atoms with Gasteiger partial charge in [0.25, 0.3) is 0 Å². The average molecular weight is 400 g/mol. The van der Waals surface area contributed by atoms with Crippen molar-refractivity contribution in [3.63, 3.8) is 0 Å². The lowest BCUT2D eigenvalue weighted by Crippen LogP contribution is -2.61. The SMILES string of the molecule is CC(=O)OCC(=O)[C@]1(O)CC[C@@H]2[C@H]3CCC4=CC(=O)C=C[C@]4(C)[C@@]34O[C@H]4C[C@]21C. The van der Waals surface area contributed by atoms with Gasteiger partial charge >= 0.3 is 5.97 Å². The highest BCUT2D eigenvalue weighted by Crippen LogP contribution is 2.75. The van der Waals surface area contributed by atoms with E-state index in [0.29, 0.717) is 12.8 Å². The smallest absolute Gasteiger partial charge is 0.303 e. The van der Waals surface area contributed by atoms with Gasteiger partial charge in [-0.05, 0) is 63.0 Å². The van der Waals surface area contributed by atoms with E-state index >= 15 is 0 Å². The van der Waals surface area contributed by atoms with Crippen LogP contribution in [0.15, 0.2) is 23.8 Å². The zero-order chi connectivity index (χ0) is 20.8. The summed E-state index contributed by atoms with van der Waals surface area (Å²) in [5.41, 5.74) is -1.61. The van der Waals surface area contributed by atoms with E-state index in [1.165, 1.54) is 6.92 Å². The third-order valence-electron chi connectivity index (χ3n) is 8.95. The molecule has 0 aromatic carbocycles. The number of aliphatic hydroxyl groups is 1. The average Bonchev–Trinajstić information content (AvgIpc) is 3.32. The standard InChI is InChI=1S/C23H28O6/c1-13(24)28-12-18(26)22(27)9-7-16-17-5-4-14-10-15(25)6-8-20(14,2)23(17)19(29-23)11-21(16,22)3/h6,8,10,16-17,19,27H,4-5,7,9,11-12H2,1-3H3/t16-,17-,19+,20+,21-,22-,23-/m1/s1. The number of esters is 1. The predicted molar refractivity (Wildman–Crippen MR) is 103 cm³/mol. The molecule has 3 saturated carbocycles. The third-order valence-corrected chi connectivity index (χ3v) is 8.95. The van der Waals surface area contributed by atoms with Crippen LogP contribution in [0.1, 0.15) is 52.9 Å². The molecule has 1 N–H and O–H groups in total. The van der Waals surface area contributed by atoms with Crippen LogP contribution in [0, 0.1) is 22.7 Å². The molecule has 1 spiro atoms. The van der Waals surface area contributed by atoms with Crippen molar-refractivity contribution in [1.82, 2.24) is 0 Å². The lowest BCUT2D eigenvalue weighted by molar-refractivity contribution is -0.165. The number of allylic oxidation sites excluding steroid dienone is 2. The molecule has 0 radical (unpaired) electrons. The van der Waals surface area contributed by atoms with Crippen molar-refractivity contribution in [3.8, 4) is 0 Å². The topological polar surface area (TPSA) is 93.2 Å². The van der Waals surface area contributed by atoms with Crippen LogP contribution >= 0.6 is 0 Å². The highest BCUT2D eigenvalue weighted by Gasteiger charge is 2.81. The van der Waals surface area contributed by atoms with Gasteiger partial charge in [-0.3, -0.25) is 14.4 Å². The summed E-state index contributed by atoms with van der Waals surface area (Å²) in [4.78, 5) is 36.0. The largest absolute Gasteiger partial charge is 0.458 e. The Morgan fingerprint density at radius 3 is 2.76 bits per heavy atom. The Morgan fingerprint density at radius 1 is 1.28 bits per heavy atom. The molecular weight excluding hydrogens is 372 g/mol. The van der Waals surface area contributed by atoms with Crippen LogP contribution in [0.4, 0.5) is 0 Å². The number of rotatable bonds is 3. The van der Waals surface area contributed by atoms with Gasteiger partial charge < -0.3 is 14.6 Å². The fraction of sp³-hybridized carbons (Fsp3) is 0.696. The second-order valence-corrected chi connectivity index (χ2v) is 9.98. The summed E-state index contributed by atoms with van der Waals surface area (Å²) < 4.78 is 11.4. The maximum absolute atomic E-state index is 12.9. The molecule has 6 nitrogen and oxygen atoms in total. The Balaban J connectivity index is 1.49. The molecule has 7 atom stereocenters. The van der Waals surface area contributed by atoms with Gasteiger partial charge in [-0.1, -0.05) is 18.6 Å². The Hall–Kier alpha value is -1.79. The van der Waals surface area contributed by atoms with E-state index in [1.54, 1.807) is 12.2 Å². The third kappa shape index (κ3) is 2.17. The molecule has 4 aliphatic carbocycles. The van der Waals surface area contributed by atoms with E-state index in [-0.39, 0.29) is 41.3 Å². The van der Waals surface area contributed by atoms with Crippen molar-refractivity contribution >= 4 is 17.5 Å². The van der Waals surface area contributed by atoms with Gasteiger partial charge in [-0.25, -0.2) is 0 Å². The Morgan fingerprint density at radius 2 is 2.03 bits per heavy atom. The minimum absolute atomic E-state index is 0.0384. The number of ether oxygens (including phenoxy) is 2. The molecule has 0 bridgehead atoms. The van der Waals surface area contributed by atoms with Gasteiger partial charge in [0.15, 0.2) is 12.4 Å². The van der Waals surface area contributed by atoms with Crippen LogP contribution in [0.25, 0.3) is 0 Å². The number of fused-ring (bicyclic) bond motifs is 3. The minimum atomic E-state index is -1.50. The van der Waals surface area contributed by atoms with Crippen LogP contribution in [0.5, 0.6) is 0 Å². The van der Waals surface area contributed by atoms with Gasteiger partial charge in [-0.15, -0.1) is 0 Å². The van der Waals surface area contributed by atoms with Crippen LogP contribution in [-0.2, 0) is 23.9 Å². The van der Waals surface area contributed by atoms with Crippen LogP contribution in [0.2, 0.25) is 0 Å². The number of hydrogen-bond acceptors (Lipinski definition) is 6. The van der Waals surface area contributed by atoms with E-state index in [0.717, 1.165) is 24.8 Å². The highest BCUT2D eigenvalue weighted by molar-refractivity contribution is 6.01. The molecule has 6 heteroatoms. The van der Waals surface area contributed by atoms with E-state index in [1.807, 2.05) is 13.0 Å². The summed E-state index contributed by atoms with van der Waals surface area (Å²) in [5.74, 6) is -0.514. The minimum Gasteiger partial charge on any atom is -0.458 e. The summed E-state index contributed by atoms with van der Waals surface area (Å²) in [7, 11) is 0. The maximum atomic E-state index is 12.9. The molecular formula is C23H28O6. The normalized spacial score (nSPS) is 49.3. The van der Waals surface area contributed by atoms with Gasteiger partial charge in [0.05, 0.1) is 6.10 Å². The molecule has 0 aromatic heterocycles. The Kier molecular flexibility index (Phi) is 3.75. The number of carbonyl (C=O) groups excluding carboxylic acids is 3. The zero-order valence-corrected chi connectivity index (χ0v) is 17.2. The van der Waals surface area contributed by atoms with Crippen LogP contribution in [0.3, 0.4) is 0 Å². The predicted octanol–water partition coefficient (Wildman–Crippen LogP) is 2.29. The van der Waals surface area contributed by atoms with Gasteiger partial charge in [0.1, 0.15) is 11.2 Å². The quantitative estimate of drug-likeness (QED) is 0.577. The van der Waals surface area contributed by atoms with Gasteiger partial charge in [0, 0.05) is 17.8 Å². The summed E-state index contributed by atoms with van der Waals surface area (Å²) in [6.07, 6.45) is 8.86. The molecule has 0 unspecified atom stereocenters. The monoisotopic (exact) mass is 400 g/mol. The molecule has 29 heavy (non-hydrogen) atoms. The summed E-state index contributed by atoms with van der Waals surface area (Å²) in [6.45, 7) is 5.06. The molecule has 5 aliphatic rings. The highest BCUT2D eigenvalue weighted by atomic mass is 16.6. The second kappa shape index (κ2) is 5.67. The van der Waals surface area contributed by atoms with Crippen LogP contribution in [-0.4, -0.2) is 46.6 Å². The fourth-order valence-electron chi connectivity index (χ4n) is 7.40.